The van der Waals surface area contributed by atoms with E-state index in [9.17, 15) is 62.6 Å². The number of unbranched alkanes of at least 4 members (excludes halogenated alkanes) is 1. The third-order valence-corrected chi connectivity index (χ3v) is 16.2. The Morgan fingerprint density at radius 1 is 0.580 bits per heavy atom. The average molecular weight is 1240 g/mol. The van der Waals surface area contributed by atoms with E-state index >= 15 is 0 Å². The van der Waals surface area contributed by atoms with Crippen molar-refractivity contribution in [2.24, 2.45) is 40.9 Å². The number of esters is 1. The second-order valence-corrected chi connectivity index (χ2v) is 23.0. The molecule has 1 aromatic carbocycles. The molecule has 0 aliphatic carbocycles. The lowest BCUT2D eigenvalue weighted by molar-refractivity contribution is -0.157. The lowest BCUT2D eigenvalue weighted by Gasteiger charge is -2.32. The van der Waals surface area contributed by atoms with Crippen LogP contribution in [0.4, 0.5) is 0 Å². The van der Waals surface area contributed by atoms with Gasteiger partial charge >= 0.3 is 5.97 Å². The van der Waals surface area contributed by atoms with Gasteiger partial charge in [-0.3, -0.25) is 52.7 Å². The first-order valence-corrected chi connectivity index (χ1v) is 30.9. The van der Waals surface area contributed by atoms with Gasteiger partial charge in [0, 0.05) is 6.42 Å². The summed E-state index contributed by atoms with van der Waals surface area (Å²) in [6.07, 6.45) is 0.654. The maximum atomic E-state index is 14.6. The van der Waals surface area contributed by atoms with Gasteiger partial charge in [0.15, 0.2) is 0 Å². The molecule has 2 rings (SSSR count). The summed E-state index contributed by atoms with van der Waals surface area (Å²) in [6.45, 7) is 16.0. The topological polar surface area (TPSA) is 445 Å². The van der Waals surface area contributed by atoms with Crippen LogP contribution in [-0.2, 0) is 68.7 Å². The Morgan fingerprint density at radius 3 is 1.57 bits per heavy atom. The summed E-state index contributed by atoms with van der Waals surface area (Å²) < 4.78 is 5.80. The number of benzene rings is 1. The zero-order chi connectivity index (χ0) is 66.4. The smallest absolute Gasteiger partial charge is 0.329 e. The SMILES string of the molecule is CC[C@H](C)[C@H](NC(=O)[C@@H](Cc1ccccc1)NC)C(=O)N[C@@H](CO)C(=O)N[C@H](CCC(N)=O)C(=O)N[C@@H](C(=O)N[C@H](C(=O)N[C@@H](CCCCN)C(=O)N[C@H]1C(=O)N[C@@H](C)C(=O)N[C@@H](CCCN)C(=O)N[C@@H]([C@@H](C)CC)C(=O)O[C@H]1C)[C@@H](C)CC)[C@@H](C)CC. The van der Waals surface area contributed by atoms with Crippen molar-refractivity contribution in [1.29, 1.82) is 0 Å². The molecule has 0 radical (unpaired) electrons. The van der Waals surface area contributed by atoms with Crippen molar-refractivity contribution in [1.82, 2.24) is 58.5 Å². The highest BCUT2D eigenvalue weighted by Crippen LogP contribution is 2.18. The third-order valence-electron chi connectivity index (χ3n) is 16.2. The number of aliphatic hydroxyl groups is 1. The van der Waals surface area contributed by atoms with Gasteiger partial charge in [0.1, 0.15) is 66.5 Å². The Hall–Kier alpha value is -7.30. The number of carbonyl (C=O) groups excluding carboxylic acids is 12. The normalized spacial score (nSPS) is 21.1. The van der Waals surface area contributed by atoms with E-state index in [0.29, 0.717) is 51.4 Å². The van der Waals surface area contributed by atoms with Gasteiger partial charge in [-0.15, -0.1) is 0 Å². The first-order valence-electron chi connectivity index (χ1n) is 30.9. The van der Waals surface area contributed by atoms with E-state index in [0.717, 1.165) is 5.56 Å². The molecule has 1 fully saturated rings. The molecule has 0 saturated carbocycles. The number of ether oxygens (including phenoxy) is 1. The Bertz CT molecular complexity index is 2470. The fourth-order valence-electron chi connectivity index (χ4n) is 9.49. The van der Waals surface area contributed by atoms with Gasteiger partial charge in [0.25, 0.3) is 0 Å². The molecule has 18 N–H and O–H groups in total. The summed E-state index contributed by atoms with van der Waals surface area (Å²) >= 11 is 0. The number of aliphatic hydroxyl groups excluding tert-OH is 1. The van der Waals surface area contributed by atoms with Crippen molar-refractivity contribution >= 4 is 70.9 Å². The summed E-state index contributed by atoms with van der Waals surface area (Å²) in [4.78, 5) is 166. The van der Waals surface area contributed by atoms with E-state index in [1.807, 2.05) is 30.3 Å². The number of nitrogens with one attached hydrogen (secondary N) is 11. The number of cyclic esters (lactones) is 1. The van der Waals surface area contributed by atoms with Gasteiger partial charge in [0.05, 0.1) is 12.6 Å². The number of carbonyl (C=O) groups is 12. The summed E-state index contributed by atoms with van der Waals surface area (Å²) in [5.41, 5.74) is 17.9. The Balaban J connectivity index is 2.48. The highest BCUT2D eigenvalue weighted by Gasteiger charge is 2.41. The van der Waals surface area contributed by atoms with Crippen molar-refractivity contribution in [3.8, 4) is 0 Å². The van der Waals surface area contributed by atoms with Crippen LogP contribution in [0.3, 0.4) is 0 Å². The number of primary amides is 1. The molecule has 496 valence electrons. The minimum absolute atomic E-state index is 0.0321. The van der Waals surface area contributed by atoms with Crippen molar-refractivity contribution in [2.75, 3.05) is 26.7 Å². The number of rotatable bonds is 36. The molecule has 1 heterocycles. The molecule has 88 heavy (non-hydrogen) atoms. The van der Waals surface area contributed by atoms with Crippen molar-refractivity contribution < 1.29 is 67.4 Å². The Kier molecular flexibility index (Phi) is 34.5. The average Bonchev–Trinajstić information content (AvgIpc) is 3.57. The van der Waals surface area contributed by atoms with Crippen LogP contribution < -0.4 is 75.7 Å². The Labute approximate surface area is 517 Å². The van der Waals surface area contributed by atoms with Crippen LogP contribution in [0.25, 0.3) is 0 Å². The molecule has 28 nitrogen and oxygen atoms in total. The Morgan fingerprint density at radius 2 is 1.07 bits per heavy atom. The van der Waals surface area contributed by atoms with E-state index in [2.05, 4.69) is 58.5 Å². The minimum Gasteiger partial charge on any atom is -0.458 e. The van der Waals surface area contributed by atoms with Gasteiger partial charge in [-0.25, -0.2) is 4.79 Å². The molecule has 0 unspecified atom stereocenters. The molecule has 1 aromatic rings. The maximum absolute atomic E-state index is 14.6. The predicted molar refractivity (Wildman–Crippen MR) is 328 cm³/mol. The van der Waals surface area contributed by atoms with Gasteiger partial charge in [-0.2, -0.15) is 0 Å². The lowest BCUT2D eigenvalue weighted by atomic mass is 9.94. The first-order chi connectivity index (χ1) is 41.7. The number of amides is 11. The quantitative estimate of drug-likeness (QED) is 0.0254. The zero-order valence-corrected chi connectivity index (χ0v) is 53.2. The standard InChI is InChI=1S/C60H102N14O14/c1-12-32(5)45(71-54(81)42(64-11)30-38-22-17-16-18-23-38)57(84)69-43(31-75)55(82)67-41(26-27-44(63)76)53(80)70-47(34(7)14-3)58(85)72-46(33(6)13-2)56(83)68-39(24-19-20-28-61)52(79)74-49-37(10)88-60(87)48(35(8)15-4)73-51(78)40(25-21-29-62)66-50(77)36(9)65-59(49)86/h16-18,22-23,32-37,39-43,45-49,64,75H,12-15,19-21,24-31,61-62H2,1-11H3,(H2,63,76)(H,65,86)(H,66,77)(H,67,82)(H,68,83)(H,69,84)(H,70,80)(H,71,81)(H,72,85)(H,73,78)(H,74,79)/t32-,33-,34-,35-,36-,37-,39-,40-,41+,42+,43-,45-,46-,47+,48-,49+/m0/s1. The van der Waals surface area contributed by atoms with E-state index in [1.54, 1.807) is 62.4 Å². The molecule has 1 saturated heterocycles. The van der Waals surface area contributed by atoms with Crippen molar-refractivity contribution in [3.63, 3.8) is 0 Å². The second kappa shape index (κ2) is 39.6. The van der Waals surface area contributed by atoms with Crippen LogP contribution in [-0.4, -0.2) is 175 Å². The largest absolute Gasteiger partial charge is 0.458 e. The first kappa shape index (κ1) is 76.8. The molecular formula is C60H102N14O14. The third kappa shape index (κ3) is 24.7. The molecule has 0 spiro atoms. The van der Waals surface area contributed by atoms with Crippen LogP contribution in [0, 0.1) is 23.7 Å². The minimum atomic E-state index is -1.67. The van der Waals surface area contributed by atoms with E-state index in [1.165, 1.54) is 13.8 Å². The zero-order valence-electron chi connectivity index (χ0n) is 53.2. The van der Waals surface area contributed by atoms with E-state index < -0.39 is 180 Å². The van der Waals surface area contributed by atoms with Crippen LogP contribution in [0.15, 0.2) is 30.3 Å². The number of likely N-dealkylation sites (N-methyl/N-ethyl adjacent to an activating group) is 1. The maximum Gasteiger partial charge on any atom is 0.329 e. The van der Waals surface area contributed by atoms with Gasteiger partial charge in [-0.1, -0.05) is 111 Å². The molecule has 0 aromatic heterocycles. The summed E-state index contributed by atoms with van der Waals surface area (Å²) in [6, 6.07) is -5.37. The van der Waals surface area contributed by atoms with Crippen LogP contribution in [0.1, 0.15) is 145 Å². The molecular weight excluding hydrogens is 1140 g/mol. The highest BCUT2D eigenvalue weighted by molar-refractivity contribution is 5.99. The van der Waals surface area contributed by atoms with Gasteiger partial charge in [0.2, 0.25) is 65.0 Å². The summed E-state index contributed by atoms with van der Waals surface area (Å²) in [5, 5.41) is 39.7. The monoisotopic (exact) mass is 1240 g/mol. The molecule has 1 aliphatic heterocycles. The van der Waals surface area contributed by atoms with E-state index in [-0.39, 0.29) is 32.4 Å². The van der Waals surface area contributed by atoms with Crippen LogP contribution >= 0.6 is 0 Å². The fourth-order valence-corrected chi connectivity index (χ4v) is 9.49. The molecule has 16 atom stereocenters. The second-order valence-electron chi connectivity index (χ2n) is 23.0. The highest BCUT2D eigenvalue weighted by atomic mass is 16.5. The van der Waals surface area contributed by atoms with Crippen molar-refractivity contribution in [2.45, 2.75) is 219 Å². The predicted octanol–water partition coefficient (Wildman–Crippen LogP) is -2.06. The van der Waals surface area contributed by atoms with Crippen molar-refractivity contribution in [3.05, 3.63) is 35.9 Å². The molecule has 28 heteroatoms. The van der Waals surface area contributed by atoms with Crippen LogP contribution in [0.2, 0.25) is 0 Å². The van der Waals surface area contributed by atoms with E-state index in [4.69, 9.17) is 21.9 Å². The summed E-state index contributed by atoms with van der Waals surface area (Å²) in [7, 11) is 1.60. The molecule has 1 aliphatic rings. The van der Waals surface area contributed by atoms with Gasteiger partial charge < -0.3 is 85.5 Å². The number of hydrogen-bond donors (Lipinski definition) is 15. The van der Waals surface area contributed by atoms with Gasteiger partial charge in [-0.05, 0) is 108 Å². The molecule has 0 bridgehead atoms. The number of hydrogen-bond acceptors (Lipinski definition) is 17. The number of nitrogens with two attached hydrogens (primary N) is 3. The fraction of sp³-hybridized carbons (Fsp3) is 0.700. The van der Waals surface area contributed by atoms with Crippen LogP contribution in [0.5, 0.6) is 0 Å². The lowest BCUT2D eigenvalue weighted by Crippen LogP contribution is -2.63. The molecule has 11 amide bonds. The summed E-state index contributed by atoms with van der Waals surface area (Å²) in [5.74, 6) is -12.2.